The Morgan fingerprint density at radius 1 is 1.46 bits per heavy atom. The quantitative estimate of drug-likeness (QED) is 0.250. The third-order valence-electron chi connectivity index (χ3n) is 1.03. The highest BCUT2D eigenvalue weighted by molar-refractivity contribution is 6.24. The largest absolute Gasteiger partial charge is 0.395 e. The number of hydrogen-bond acceptors (Lipinski definition) is 3. The van der Waals surface area contributed by atoms with E-state index in [4.69, 9.17) is 10.6 Å². The zero-order valence-electron chi connectivity index (χ0n) is 6.86. The van der Waals surface area contributed by atoms with Gasteiger partial charge in [-0.05, 0) is 0 Å². The molecular weight excluding hydrogens is 176 g/mol. The monoisotopic (exact) mass is 186 g/mol. The molecule has 3 N–H and O–H groups in total. The number of carbonyl (C=O) groups excluding carboxylic acids is 2. The predicted molar refractivity (Wildman–Crippen MR) is 42.8 cm³/mol. The van der Waals surface area contributed by atoms with Gasteiger partial charge in [-0.3, -0.25) is 9.59 Å². The van der Waals surface area contributed by atoms with E-state index in [9.17, 15) is 9.59 Å². The molecule has 0 unspecified atom stereocenters. The molecule has 0 saturated heterocycles. The van der Waals surface area contributed by atoms with Crippen LogP contribution in [0.1, 0.15) is 0 Å². The fourth-order valence-electron chi connectivity index (χ4n) is 0.523. The molecule has 13 heavy (non-hydrogen) atoms. The van der Waals surface area contributed by atoms with Crippen LogP contribution in [0, 0.1) is 0 Å². The minimum absolute atomic E-state index is 0.142. The average Bonchev–Trinajstić information content (AvgIpc) is 2.12. The Bertz CT molecular complexity index is 234. The molecule has 0 fully saturated rings. The van der Waals surface area contributed by atoms with Gasteiger partial charge in [0.15, 0.2) is 0 Å². The topological polar surface area (TPSA) is 115 Å². The number of nitrogens with one attached hydrogen (secondary N) is 2. The maximum absolute atomic E-state index is 10.8. The highest BCUT2D eigenvalue weighted by Gasteiger charge is 2.04. The first-order chi connectivity index (χ1) is 6.20. The van der Waals surface area contributed by atoms with E-state index in [0.29, 0.717) is 6.21 Å². The molecule has 0 aliphatic heterocycles. The van der Waals surface area contributed by atoms with Crippen LogP contribution < -0.4 is 10.6 Å². The zero-order chi connectivity index (χ0) is 10.1. The van der Waals surface area contributed by atoms with E-state index < -0.39 is 11.8 Å². The van der Waals surface area contributed by atoms with Gasteiger partial charge in [-0.1, -0.05) is 0 Å². The molecule has 0 atom stereocenters. The van der Waals surface area contributed by atoms with Crippen LogP contribution in [0.15, 0.2) is 0 Å². The normalized spacial score (nSPS) is 8.38. The van der Waals surface area contributed by atoms with E-state index in [1.165, 1.54) is 0 Å². The van der Waals surface area contributed by atoms with Gasteiger partial charge < -0.3 is 21.3 Å². The second kappa shape index (κ2) is 6.96. The van der Waals surface area contributed by atoms with Crippen molar-refractivity contribution in [2.24, 2.45) is 0 Å². The van der Waals surface area contributed by atoms with Crippen LogP contribution in [-0.2, 0) is 9.59 Å². The van der Waals surface area contributed by atoms with E-state index in [2.05, 4.69) is 15.4 Å². The molecule has 2 amide bonds. The summed E-state index contributed by atoms with van der Waals surface area (Å²) in [6.45, 7) is -0.231. The van der Waals surface area contributed by atoms with Crippen molar-refractivity contribution in [3.05, 3.63) is 5.53 Å². The number of hydrogen-bond donors (Lipinski definition) is 3. The molecule has 0 aromatic heterocycles. The Morgan fingerprint density at radius 2 is 2.15 bits per heavy atom. The standard InChI is InChI=1S/C6H10N4O3/c7-10-4-6(13)9-3-5(12)8-1-2-11/h4,11H,1-3H2,(H,8,12)(H,9,13). The van der Waals surface area contributed by atoms with Crippen molar-refractivity contribution >= 4 is 18.0 Å². The van der Waals surface area contributed by atoms with Gasteiger partial charge in [0.2, 0.25) is 5.91 Å². The lowest BCUT2D eigenvalue weighted by Crippen LogP contribution is -2.38. The lowest BCUT2D eigenvalue weighted by molar-refractivity contribution is -0.124. The molecule has 7 nitrogen and oxygen atoms in total. The molecule has 0 rings (SSSR count). The van der Waals surface area contributed by atoms with Crippen molar-refractivity contribution in [3.8, 4) is 0 Å². The van der Waals surface area contributed by atoms with Crippen molar-refractivity contribution in [1.29, 1.82) is 0 Å². The summed E-state index contributed by atoms with van der Waals surface area (Å²) < 4.78 is 0. The van der Waals surface area contributed by atoms with Crippen molar-refractivity contribution < 1.29 is 19.5 Å². The molecule has 72 valence electrons. The van der Waals surface area contributed by atoms with Crippen molar-refractivity contribution in [1.82, 2.24) is 10.6 Å². The van der Waals surface area contributed by atoms with Crippen LogP contribution in [0.3, 0.4) is 0 Å². The highest BCUT2D eigenvalue weighted by Crippen LogP contribution is 1.64. The van der Waals surface area contributed by atoms with Crippen molar-refractivity contribution in [2.75, 3.05) is 19.7 Å². The second-order valence-electron chi connectivity index (χ2n) is 2.04. The van der Waals surface area contributed by atoms with Gasteiger partial charge in [0.1, 0.15) is 0 Å². The van der Waals surface area contributed by atoms with Crippen molar-refractivity contribution in [2.45, 2.75) is 0 Å². The Morgan fingerprint density at radius 3 is 2.69 bits per heavy atom. The SMILES string of the molecule is [N-]=[N+]=CC(=O)NCC(=O)NCCO. The molecule has 0 aromatic carbocycles. The molecule has 0 bridgehead atoms. The van der Waals surface area contributed by atoms with Gasteiger partial charge in [-0.15, -0.1) is 0 Å². The smallest absolute Gasteiger partial charge is 0.344 e. The third kappa shape index (κ3) is 6.67. The Balaban J connectivity index is 3.57. The van der Waals surface area contributed by atoms with E-state index in [1.807, 2.05) is 0 Å². The third-order valence-corrected chi connectivity index (χ3v) is 1.03. The zero-order valence-corrected chi connectivity index (χ0v) is 6.86. The lowest BCUT2D eigenvalue weighted by atomic mass is 10.5. The van der Waals surface area contributed by atoms with Gasteiger partial charge in [-0.2, -0.15) is 4.79 Å². The summed E-state index contributed by atoms with van der Waals surface area (Å²) in [6, 6.07) is 0. The summed E-state index contributed by atoms with van der Waals surface area (Å²) in [5, 5.41) is 12.8. The Hall–Kier alpha value is -1.72. The van der Waals surface area contributed by atoms with Crippen molar-refractivity contribution in [3.63, 3.8) is 0 Å². The summed E-state index contributed by atoms with van der Waals surface area (Å²) in [4.78, 5) is 23.8. The van der Waals surface area contributed by atoms with Crippen LogP contribution >= 0.6 is 0 Å². The lowest BCUT2D eigenvalue weighted by Gasteiger charge is -2.01. The van der Waals surface area contributed by atoms with Crippen LogP contribution in [0.2, 0.25) is 0 Å². The minimum atomic E-state index is -0.665. The molecule has 0 radical (unpaired) electrons. The summed E-state index contributed by atoms with van der Waals surface area (Å²) >= 11 is 0. The minimum Gasteiger partial charge on any atom is -0.395 e. The van der Waals surface area contributed by atoms with Gasteiger partial charge in [0.05, 0.1) is 13.2 Å². The Labute approximate surface area is 74.4 Å². The molecule has 0 aromatic rings. The number of carbonyl (C=O) groups is 2. The summed E-state index contributed by atoms with van der Waals surface area (Å²) in [7, 11) is 0. The number of rotatable bonds is 5. The summed E-state index contributed by atoms with van der Waals surface area (Å²) in [5.41, 5.74) is 7.92. The van der Waals surface area contributed by atoms with Crippen LogP contribution in [-0.4, -0.2) is 47.6 Å². The van der Waals surface area contributed by atoms with E-state index in [0.717, 1.165) is 0 Å². The first kappa shape index (κ1) is 11.3. The molecule has 0 heterocycles. The van der Waals surface area contributed by atoms with Gasteiger partial charge in [0.25, 0.3) is 0 Å². The molecule has 7 heteroatoms. The number of aliphatic hydroxyl groups excluding tert-OH is 1. The average molecular weight is 186 g/mol. The van der Waals surface area contributed by atoms with Crippen LogP contribution in [0.25, 0.3) is 5.53 Å². The van der Waals surface area contributed by atoms with Gasteiger partial charge in [0, 0.05) is 6.54 Å². The first-order valence-corrected chi connectivity index (χ1v) is 3.53. The maximum Gasteiger partial charge on any atom is 0.344 e. The summed E-state index contributed by atoms with van der Waals surface area (Å²) in [6.07, 6.45) is 0.638. The van der Waals surface area contributed by atoms with Gasteiger partial charge >= 0.3 is 12.1 Å². The van der Waals surface area contributed by atoms with Crippen LogP contribution in [0.5, 0.6) is 0 Å². The van der Waals surface area contributed by atoms with E-state index >= 15 is 0 Å². The highest BCUT2D eigenvalue weighted by atomic mass is 16.3. The van der Waals surface area contributed by atoms with E-state index in [1.54, 1.807) is 0 Å². The number of aliphatic hydroxyl groups is 1. The second-order valence-corrected chi connectivity index (χ2v) is 2.04. The molecule has 0 saturated carbocycles. The number of amides is 2. The van der Waals surface area contributed by atoms with Gasteiger partial charge in [-0.25, -0.2) is 0 Å². The van der Waals surface area contributed by atoms with E-state index in [-0.39, 0.29) is 19.7 Å². The first-order valence-electron chi connectivity index (χ1n) is 3.53. The fourth-order valence-corrected chi connectivity index (χ4v) is 0.523. The summed E-state index contributed by atoms with van der Waals surface area (Å²) in [5.74, 6) is -1.09. The molecule has 0 aliphatic rings. The predicted octanol–water partition coefficient (Wildman–Crippen LogP) is -2.49. The molecule has 0 aliphatic carbocycles. The fraction of sp³-hybridized carbons (Fsp3) is 0.500. The Kier molecular flexibility index (Phi) is 6.04. The molecule has 0 spiro atoms. The van der Waals surface area contributed by atoms with Crippen LogP contribution in [0.4, 0.5) is 0 Å². The number of nitrogens with zero attached hydrogens (tertiary/aromatic N) is 2. The molecular formula is C6H10N4O3. The maximum atomic E-state index is 10.8.